The monoisotopic (exact) mass is 290 g/mol. The van der Waals surface area contributed by atoms with E-state index in [1.165, 1.54) is 30.3 Å². The van der Waals surface area contributed by atoms with Crippen LogP contribution in [0.25, 0.3) is 0 Å². The summed E-state index contributed by atoms with van der Waals surface area (Å²) in [6.07, 6.45) is 0. The number of benzene rings is 2. The molecule has 5 nitrogen and oxygen atoms in total. The van der Waals surface area contributed by atoms with Gasteiger partial charge in [-0.2, -0.15) is 0 Å². The van der Waals surface area contributed by atoms with Crippen LogP contribution in [-0.4, -0.2) is 20.0 Å². The van der Waals surface area contributed by atoms with Gasteiger partial charge >= 0.3 is 0 Å². The molecule has 0 saturated carbocycles. The average molecular weight is 290 g/mol. The van der Waals surface area contributed by atoms with E-state index in [1.807, 2.05) is 0 Å². The van der Waals surface area contributed by atoms with E-state index in [0.717, 1.165) is 0 Å². The van der Waals surface area contributed by atoms with Gasteiger partial charge in [-0.3, -0.25) is 4.79 Å². The van der Waals surface area contributed by atoms with Crippen molar-refractivity contribution in [1.29, 1.82) is 0 Å². The fourth-order valence-corrected chi connectivity index (χ4v) is 3.00. The molecule has 2 rings (SSSR count). The second-order valence-corrected chi connectivity index (χ2v) is 6.37. The largest absolute Gasteiger partial charge is 0.399 e. The summed E-state index contributed by atoms with van der Waals surface area (Å²) in [6.45, 7) is 0. The number of carbonyl (C=O) groups excluding carboxylic acids is 1. The molecule has 0 amide bonds. The molecule has 0 radical (unpaired) electrons. The number of anilines is 2. The van der Waals surface area contributed by atoms with Gasteiger partial charge in [-0.15, -0.1) is 0 Å². The number of sulfone groups is 1. The van der Waals surface area contributed by atoms with Crippen LogP contribution in [0.4, 0.5) is 11.4 Å². The molecule has 0 aliphatic heterocycles. The molecular weight excluding hydrogens is 276 g/mol. The van der Waals surface area contributed by atoms with Gasteiger partial charge in [0.15, 0.2) is 15.6 Å². The van der Waals surface area contributed by atoms with Gasteiger partial charge in [-0.05, 0) is 42.5 Å². The maximum Gasteiger partial charge on any atom is 0.185 e. The van der Waals surface area contributed by atoms with Crippen LogP contribution in [0.15, 0.2) is 53.4 Å². The van der Waals surface area contributed by atoms with E-state index in [-0.39, 0.29) is 4.90 Å². The molecule has 0 saturated heterocycles. The minimum Gasteiger partial charge on any atom is -0.399 e. The molecule has 0 fully saturated rings. The molecule has 4 N–H and O–H groups in total. The lowest BCUT2D eigenvalue weighted by Gasteiger charge is -2.05. The van der Waals surface area contributed by atoms with E-state index in [2.05, 4.69) is 0 Å². The molecule has 0 aliphatic rings. The molecule has 2 aromatic rings. The van der Waals surface area contributed by atoms with Gasteiger partial charge in [-0.25, -0.2) is 8.42 Å². The van der Waals surface area contributed by atoms with Gasteiger partial charge in [-0.1, -0.05) is 6.07 Å². The Kier molecular flexibility index (Phi) is 3.76. The average Bonchev–Trinajstić information content (AvgIpc) is 2.39. The Hall–Kier alpha value is -2.34. The number of hydrogen-bond donors (Lipinski definition) is 2. The van der Waals surface area contributed by atoms with Crippen LogP contribution in [0.1, 0.15) is 10.4 Å². The van der Waals surface area contributed by atoms with E-state index < -0.39 is 21.4 Å². The number of carbonyl (C=O) groups is 1. The summed E-state index contributed by atoms with van der Waals surface area (Å²) in [6, 6.07) is 12.0. The van der Waals surface area contributed by atoms with Crippen molar-refractivity contribution < 1.29 is 13.2 Å². The zero-order valence-electron chi connectivity index (χ0n) is 10.6. The zero-order valence-corrected chi connectivity index (χ0v) is 11.4. The normalized spacial score (nSPS) is 11.2. The summed E-state index contributed by atoms with van der Waals surface area (Å²) in [5.74, 6) is -1.08. The molecule has 0 spiro atoms. The molecule has 0 atom stereocenters. The highest BCUT2D eigenvalue weighted by molar-refractivity contribution is 7.92. The van der Waals surface area contributed by atoms with Gasteiger partial charge in [0.2, 0.25) is 0 Å². The molecule has 0 aromatic heterocycles. The Bertz CT molecular complexity index is 737. The van der Waals surface area contributed by atoms with Crippen molar-refractivity contribution in [3.05, 3.63) is 54.1 Å². The Morgan fingerprint density at radius 2 is 1.60 bits per heavy atom. The molecule has 0 aliphatic carbocycles. The number of nitrogens with two attached hydrogens (primary N) is 2. The van der Waals surface area contributed by atoms with Crippen LogP contribution in [0.5, 0.6) is 0 Å². The van der Waals surface area contributed by atoms with Crippen molar-refractivity contribution in [1.82, 2.24) is 0 Å². The molecule has 0 heterocycles. The fourth-order valence-electron chi connectivity index (χ4n) is 1.72. The first-order chi connectivity index (χ1) is 9.38. The van der Waals surface area contributed by atoms with E-state index >= 15 is 0 Å². The standard InChI is InChI=1S/C14H14N2O3S/c15-11-6-4-10(5-7-11)14(17)9-20(18,19)13-3-1-2-12(16)8-13/h1-8H,9,15-16H2. The predicted octanol–water partition coefficient (Wildman–Crippen LogP) is 1.51. The highest BCUT2D eigenvalue weighted by Gasteiger charge is 2.20. The highest BCUT2D eigenvalue weighted by atomic mass is 32.2. The van der Waals surface area contributed by atoms with Crippen molar-refractivity contribution in [2.45, 2.75) is 4.90 Å². The summed E-state index contributed by atoms with van der Waals surface area (Å²) in [5, 5.41) is 0. The molecule has 104 valence electrons. The summed E-state index contributed by atoms with van der Waals surface area (Å²) in [5.41, 5.74) is 12.2. The number of hydrogen-bond acceptors (Lipinski definition) is 5. The third-order valence-corrected chi connectivity index (χ3v) is 4.39. The van der Waals surface area contributed by atoms with Crippen molar-refractivity contribution in [3.63, 3.8) is 0 Å². The molecule has 2 aromatic carbocycles. The summed E-state index contributed by atoms with van der Waals surface area (Å²) in [4.78, 5) is 12.0. The summed E-state index contributed by atoms with van der Waals surface area (Å²) in [7, 11) is -3.70. The van der Waals surface area contributed by atoms with Gasteiger partial charge in [0.1, 0.15) is 5.75 Å². The van der Waals surface area contributed by atoms with Crippen LogP contribution in [0, 0.1) is 0 Å². The van der Waals surface area contributed by atoms with E-state index in [4.69, 9.17) is 11.5 Å². The first-order valence-electron chi connectivity index (χ1n) is 5.85. The Morgan fingerprint density at radius 1 is 0.950 bits per heavy atom. The predicted molar refractivity (Wildman–Crippen MR) is 78.1 cm³/mol. The Balaban J connectivity index is 2.24. The van der Waals surface area contributed by atoms with Gasteiger partial charge in [0.05, 0.1) is 4.90 Å². The lowest BCUT2D eigenvalue weighted by atomic mass is 10.1. The van der Waals surface area contributed by atoms with Crippen LogP contribution in [0.2, 0.25) is 0 Å². The third kappa shape index (κ3) is 3.16. The van der Waals surface area contributed by atoms with Crippen molar-refractivity contribution >= 4 is 27.0 Å². The third-order valence-electron chi connectivity index (χ3n) is 2.77. The smallest absolute Gasteiger partial charge is 0.185 e. The molecular formula is C14H14N2O3S. The maximum atomic E-state index is 12.1. The van der Waals surface area contributed by atoms with Crippen LogP contribution in [0.3, 0.4) is 0 Å². The highest BCUT2D eigenvalue weighted by Crippen LogP contribution is 2.16. The second kappa shape index (κ2) is 5.34. The molecule has 0 bridgehead atoms. The van der Waals surface area contributed by atoms with E-state index in [9.17, 15) is 13.2 Å². The number of nitrogen functional groups attached to an aromatic ring is 2. The fraction of sp³-hybridized carbons (Fsp3) is 0.0714. The number of ketones is 1. The quantitative estimate of drug-likeness (QED) is 0.656. The Morgan fingerprint density at radius 3 is 2.20 bits per heavy atom. The molecule has 6 heteroatoms. The summed E-state index contributed by atoms with van der Waals surface area (Å²) >= 11 is 0. The minimum absolute atomic E-state index is 0.0429. The number of rotatable bonds is 4. The van der Waals surface area contributed by atoms with Crippen molar-refractivity contribution in [3.8, 4) is 0 Å². The van der Waals surface area contributed by atoms with E-state index in [1.54, 1.807) is 18.2 Å². The first kappa shape index (κ1) is 14.1. The maximum absolute atomic E-state index is 12.1. The summed E-state index contributed by atoms with van der Waals surface area (Å²) < 4.78 is 24.3. The van der Waals surface area contributed by atoms with Gasteiger partial charge in [0.25, 0.3) is 0 Å². The minimum atomic E-state index is -3.70. The van der Waals surface area contributed by atoms with Crippen molar-refractivity contribution in [2.24, 2.45) is 0 Å². The van der Waals surface area contributed by atoms with Crippen molar-refractivity contribution in [2.75, 3.05) is 17.2 Å². The zero-order chi connectivity index (χ0) is 14.8. The van der Waals surface area contributed by atoms with Crippen LogP contribution in [-0.2, 0) is 9.84 Å². The van der Waals surface area contributed by atoms with E-state index in [0.29, 0.717) is 16.9 Å². The lowest BCUT2D eigenvalue weighted by molar-refractivity contribution is 0.102. The lowest BCUT2D eigenvalue weighted by Crippen LogP contribution is -2.16. The second-order valence-electron chi connectivity index (χ2n) is 4.38. The van der Waals surface area contributed by atoms with Gasteiger partial charge < -0.3 is 11.5 Å². The first-order valence-corrected chi connectivity index (χ1v) is 7.51. The Labute approximate surface area is 117 Å². The van der Waals surface area contributed by atoms with Gasteiger partial charge in [0, 0.05) is 16.9 Å². The SMILES string of the molecule is Nc1ccc(C(=O)CS(=O)(=O)c2cccc(N)c2)cc1. The topological polar surface area (TPSA) is 103 Å². The number of Topliss-reactive ketones (excluding diaryl/α,β-unsaturated/α-hetero) is 1. The van der Waals surface area contributed by atoms with Crippen LogP contribution >= 0.6 is 0 Å². The van der Waals surface area contributed by atoms with Crippen LogP contribution < -0.4 is 11.5 Å². The molecule has 0 unspecified atom stereocenters. The molecule has 20 heavy (non-hydrogen) atoms.